The maximum absolute atomic E-state index is 11.8. The van der Waals surface area contributed by atoms with Crippen LogP contribution >= 0.6 is 12.6 Å². The van der Waals surface area contributed by atoms with Crippen molar-refractivity contribution >= 4 is 18.5 Å². The van der Waals surface area contributed by atoms with Crippen LogP contribution in [0.1, 0.15) is 10.4 Å². The van der Waals surface area contributed by atoms with Gasteiger partial charge in [-0.1, -0.05) is 12.1 Å². The van der Waals surface area contributed by atoms with Gasteiger partial charge in [-0.2, -0.15) is 5.10 Å². The molecule has 0 bridgehead atoms. The molecule has 1 amide bonds. The van der Waals surface area contributed by atoms with Crippen molar-refractivity contribution < 1.29 is 4.79 Å². The molecule has 0 aliphatic rings. The normalized spacial score (nSPS) is 10.2. The molecule has 0 unspecified atom stereocenters. The van der Waals surface area contributed by atoms with E-state index >= 15 is 0 Å². The largest absolute Gasteiger partial charge is 0.350 e. The van der Waals surface area contributed by atoms with Crippen molar-refractivity contribution in [3.05, 3.63) is 48.3 Å². The number of rotatable bonds is 4. The van der Waals surface area contributed by atoms with E-state index in [4.69, 9.17) is 0 Å². The molecule has 1 N–H and O–H groups in total. The van der Waals surface area contributed by atoms with E-state index in [9.17, 15) is 4.79 Å². The summed E-state index contributed by atoms with van der Waals surface area (Å²) in [4.78, 5) is 12.5. The first kappa shape index (κ1) is 11.7. The highest BCUT2D eigenvalue weighted by molar-refractivity contribution is 7.80. The van der Waals surface area contributed by atoms with Crippen molar-refractivity contribution in [2.24, 2.45) is 0 Å². The lowest BCUT2D eigenvalue weighted by atomic mass is 10.2. The summed E-state index contributed by atoms with van der Waals surface area (Å²) in [6, 6.07) is 9.08. The number of benzene rings is 1. The quantitative estimate of drug-likeness (QED) is 0.806. The second-order valence-electron chi connectivity index (χ2n) is 3.54. The average molecular weight is 247 g/mol. The third-order valence-corrected chi connectivity index (χ3v) is 2.72. The Morgan fingerprint density at radius 1 is 1.35 bits per heavy atom. The first-order valence-corrected chi connectivity index (χ1v) is 5.76. The predicted octanol–water partition coefficient (Wildman–Crippen LogP) is 1.60. The van der Waals surface area contributed by atoms with Crippen LogP contribution in [0.25, 0.3) is 0 Å². The van der Waals surface area contributed by atoms with Gasteiger partial charge >= 0.3 is 0 Å². The molecule has 0 fully saturated rings. The summed E-state index contributed by atoms with van der Waals surface area (Å²) in [6.45, 7) is 1.20. The first-order valence-electron chi connectivity index (χ1n) is 5.31. The van der Waals surface area contributed by atoms with Crippen LogP contribution in [-0.2, 0) is 6.54 Å². The Balaban J connectivity index is 1.88. The Labute approximate surface area is 105 Å². The van der Waals surface area contributed by atoms with Gasteiger partial charge in [0.25, 0.3) is 5.91 Å². The summed E-state index contributed by atoms with van der Waals surface area (Å²) >= 11 is 4.24. The lowest BCUT2D eigenvalue weighted by Gasteiger charge is -2.07. The zero-order valence-corrected chi connectivity index (χ0v) is 10.1. The number of nitrogens with one attached hydrogen (secondary N) is 1. The maximum atomic E-state index is 11.8. The van der Waals surface area contributed by atoms with Gasteiger partial charge < -0.3 is 5.32 Å². The van der Waals surface area contributed by atoms with Crippen molar-refractivity contribution in [2.45, 2.75) is 11.4 Å². The Bertz CT molecular complexity index is 496. The highest BCUT2D eigenvalue weighted by atomic mass is 32.1. The number of aromatic nitrogens is 2. The van der Waals surface area contributed by atoms with E-state index in [0.717, 1.165) is 0 Å². The number of thiol groups is 1. The molecular weight excluding hydrogens is 234 g/mol. The van der Waals surface area contributed by atoms with Crippen LogP contribution in [0.15, 0.2) is 47.6 Å². The Morgan fingerprint density at radius 3 is 2.88 bits per heavy atom. The Morgan fingerprint density at radius 2 is 2.18 bits per heavy atom. The van der Waals surface area contributed by atoms with Gasteiger partial charge in [0.15, 0.2) is 0 Å². The van der Waals surface area contributed by atoms with E-state index in [1.165, 1.54) is 0 Å². The summed E-state index contributed by atoms with van der Waals surface area (Å²) in [6.07, 6.45) is 3.57. The van der Waals surface area contributed by atoms with E-state index in [1.54, 1.807) is 23.0 Å². The number of hydrogen-bond donors (Lipinski definition) is 2. The van der Waals surface area contributed by atoms with Crippen LogP contribution in [-0.4, -0.2) is 22.2 Å². The molecule has 0 saturated heterocycles. The Hall–Kier alpha value is -1.75. The average Bonchev–Trinajstić information content (AvgIpc) is 2.82. The van der Waals surface area contributed by atoms with Crippen molar-refractivity contribution in [1.82, 2.24) is 15.1 Å². The monoisotopic (exact) mass is 247 g/mol. The standard InChI is InChI=1S/C12H13N3OS/c16-12(10-4-1-2-5-11(10)17)13-7-9-15-8-3-6-14-15/h1-6,8,17H,7,9H2,(H,13,16). The van der Waals surface area contributed by atoms with E-state index < -0.39 is 0 Å². The molecular formula is C12H13N3OS. The molecule has 2 aromatic rings. The van der Waals surface area contributed by atoms with Crippen LogP contribution in [0.5, 0.6) is 0 Å². The molecule has 0 aliphatic heterocycles. The number of amides is 1. The van der Waals surface area contributed by atoms with Gasteiger partial charge in [-0.15, -0.1) is 12.6 Å². The van der Waals surface area contributed by atoms with Gasteiger partial charge in [0.2, 0.25) is 0 Å². The molecule has 4 nitrogen and oxygen atoms in total. The van der Waals surface area contributed by atoms with Crippen molar-refractivity contribution in [3.8, 4) is 0 Å². The fourth-order valence-electron chi connectivity index (χ4n) is 1.48. The Kier molecular flexibility index (Phi) is 3.82. The van der Waals surface area contributed by atoms with E-state index in [0.29, 0.717) is 23.5 Å². The zero-order valence-electron chi connectivity index (χ0n) is 9.21. The van der Waals surface area contributed by atoms with Gasteiger partial charge in [0.1, 0.15) is 0 Å². The second-order valence-corrected chi connectivity index (χ2v) is 4.02. The third-order valence-electron chi connectivity index (χ3n) is 2.33. The van der Waals surface area contributed by atoms with Crippen LogP contribution in [0.4, 0.5) is 0 Å². The van der Waals surface area contributed by atoms with E-state index in [2.05, 4.69) is 23.0 Å². The van der Waals surface area contributed by atoms with Gasteiger partial charge in [0, 0.05) is 23.8 Å². The van der Waals surface area contributed by atoms with Crippen molar-refractivity contribution in [1.29, 1.82) is 0 Å². The fraction of sp³-hybridized carbons (Fsp3) is 0.167. The molecule has 0 aliphatic carbocycles. The highest BCUT2D eigenvalue weighted by Crippen LogP contribution is 2.12. The third kappa shape index (κ3) is 3.10. The minimum absolute atomic E-state index is 0.109. The summed E-state index contributed by atoms with van der Waals surface area (Å²) in [5.74, 6) is -0.109. The van der Waals surface area contributed by atoms with Gasteiger partial charge in [0.05, 0.1) is 12.1 Å². The number of nitrogens with zero attached hydrogens (tertiary/aromatic N) is 2. The summed E-state index contributed by atoms with van der Waals surface area (Å²) in [5, 5.41) is 6.88. The topological polar surface area (TPSA) is 46.9 Å². The zero-order chi connectivity index (χ0) is 12.1. The van der Waals surface area contributed by atoms with Crippen molar-refractivity contribution in [3.63, 3.8) is 0 Å². The molecule has 1 aromatic carbocycles. The smallest absolute Gasteiger partial charge is 0.252 e. The molecule has 1 heterocycles. The molecule has 5 heteroatoms. The lowest BCUT2D eigenvalue weighted by Crippen LogP contribution is -2.27. The first-order chi connectivity index (χ1) is 8.27. The van der Waals surface area contributed by atoms with Crippen molar-refractivity contribution in [2.75, 3.05) is 6.54 Å². The van der Waals surface area contributed by atoms with E-state index in [1.807, 2.05) is 24.4 Å². The lowest BCUT2D eigenvalue weighted by molar-refractivity contribution is 0.0949. The van der Waals surface area contributed by atoms with Gasteiger partial charge in [-0.05, 0) is 18.2 Å². The maximum Gasteiger partial charge on any atom is 0.252 e. The minimum Gasteiger partial charge on any atom is -0.350 e. The van der Waals surface area contributed by atoms with Gasteiger partial charge in [-0.25, -0.2) is 0 Å². The fourth-order valence-corrected chi connectivity index (χ4v) is 1.74. The molecule has 1 aromatic heterocycles. The van der Waals surface area contributed by atoms with Crippen LogP contribution in [0.3, 0.4) is 0 Å². The summed E-state index contributed by atoms with van der Waals surface area (Å²) in [7, 11) is 0. The highest BCUT2D eigenvalue weighted by Gasteiger charge is 2.07. The van der Waals surface area contributed by atoms with Gasteiger partial charge in [-0.3, -0.25) is 9.48 Å². The summed E-state index contributed by atoms with van der Waals surface area (Å²) in [5.41, 5.74) is 0.594. The number of hydrogen-bond acceptors (Lipinski definition) is 3. The van der Waals surface area contributed by atoms with Crippen LogP contribution < -0.4 is 5.32 Å². The molecule has 0 atom stereocenters. The minimum atomic E-state index is -0.109. The SMILES string of the molecule is O=C(NCCn1cccn1)c1ccccc1S. The number of carbonyl (C=O) groups is 1. The summed E-state index contributed by atoms with van der Waals surface area (Å²) < 4.78 is 1.77. The predicted molar refractivity (Wildman–Crippen MR) is 68.3 cm³/mol. The molecule has 2 rings (SSSR count). The second kappa shape index (κ2) is 5.54. The molecule has 0 radical (unpaired) electrons. The molecule has 0 saturated carbocycles. The molecule has 88 valence electrons. The molecule has 0 spiro atoms. The van der Waals surface area contributed by atoms with E-state index in [-0.39, 0.29) is 5.91 Å². The molecule has 17 heavy (non-hydrogen) atoms. The van der Waals surface area contributed by atoms with Crippen LogP contribution in [0.2, 0.25) is 0 Å². The van der Waals surface area contributed by atoms with Crippen LogP contribution in [0, 0.1) is 0 Å². The number of carbonyl (C=O) groups excluding carboxylic acids is 1.